The molecular weight excluding hydrogens is 446 g/mol. The Hall–Kier alpha value is -1.39. The fraction of sp³-hybridized carbons (Fsp3) is 0.250. The lowest BCUT2D eigenvalue weighted by atomic mass is 9.94. The lowest BCUT2D eigenvalue weighted by molar-refractivity contribution is -0.143. The van der Waals surface area contributed by atoms with Crippen LogP contribution < -0.4 is 4.52 Å². The number of hydrogen-bond donors (Lipinski definition) is 0. The molecule has 0 heterocycles. The third kappa shape index (κ3) is 7.17. The summed E-state index contributed by atoms with van der Waals surface area (Å²) in [5.41, 5.74) is 2.34. The lowest BCUT2D eigenvalue weighted by Gasteiger charge is -2.13. The van der Waals surface area contributed by atoms with Crippen molar-refractivity contribution in [1.82, 2.24) is 0 Å². The Morgan fingerprint density at radius 3 is 2.52 bits per heavy atom. The molecule has 0 aliphatic rings. The molecule has 0 aromatic heterocycles. The Labute approximate surface area is 164 Å². The molecule has 0 saturated heterocycles. The molecule has 0 fully saturated rings. The van der Waals surface area contributed by atoms with Crippen molar-refractivity contribution in [2.24, 2.45) is 0 Å². The van der Waals surface area contributed by atoms with Gasteiger partial charge in [-0.1, -0.05) is 54.6 Å². The van der Waals surface area contributed by atoms with Gasteiger partial charge in [0, 0.05) is 5.92 Å². The van der Waals surface area contributed by atoms with E-state index < -0.39 is 0 Å². The monoisotopic (exact) mass is 468 g/mol. The fourth-order valence-corrected chi connectivity index (χ4v) is 3.49. The summed E-state index contributed by atoms with van der Waals surface area (Å²) < 4.78 is 10.6. The first-order valence-electron chi connectivity index (χ1n) is 8.21. The van der Waals surface area contributed by atoms with Crippen LogP contribution in [0.4, 0.5) is 0 Å². The second kappa shape index (κ2) is 11.3. The molecule has 0 spiro atoms. The number of benzene rings is 2. The van der Waals surface area contributed by atoms with Gasteiger partial charge in [0.1, 0.15) is 12.2 Å². The lowest BCUT2D eigenvalue weighted by Crippen LogP contribution is -2.09. The fourth-order valence-electron chi connectivity index (χ4n) is 2.51. The van der Waals surface area contributed by atoms with Gasteiger partial charge in [-0.25, -0.2) is 0 Å². The molecule has 3 nitrogen and oxygen atoms in total. The molecule has 2 aromatic rings. The standard InChI is InChI=1S/C20H22IO3P/c1-2-23-20(22)15-18(10-6-9-16-7-4-3-5-8-16)17-11-13-19(14-12-17)24-25-21/h3-8,10-14,18,25H,2,9,15H2,1H3/b10-6+/t18-/m0/s1. The molecule has 0 bridgehead atoms. The summed E-state index contributed by atoms with van der Waals surface area (Å²) >= 11 is 2.20. The quantitative estimate of drug-likeness (QED) is 0.201. The van der Waals surface area contributed by atoms with E-state index in [9.17, 15) is 4.79 Å². The molecule has 132 valence electrons. The minimum Gasteiger partial charge on any atom is -0.467 e. The highest BCUT2D eigenvalue weighted by Crippen LogP contribution is 2.29. The maximum absolute atomic E-state index is 11.9. The number of allylic oxidation sites excluding steroid dienone is 2. The van der Waals surface area contributed by atoms with Crippen LogP contribution in [0.15, 0.2) is 66.7 Å². The number of esters is 1. The first-order chi connectivity index (χ1) is 12.2. The van der Waals surface area contributed by atoms with Crippen LogP contribution in [0.1, 0.15) is 30.4 Å². The van der Waals surface area contributed by atoms with Crippen molar-refractivity contribution in [1.29, 1.82) is 0 Å². The minimum absolute atomic E-state index is 0.00105. The molecule has 0 saturated carbocycles. The van der Waals surface area contributed by atoms with E-state index in [1.165, 1.54) is 5.56 Å². The molecule has 2 atom stereocenters. The maximum Gasteiger partial charge on any atom is 0.306 e. The number of rotatable bonds is 9. The van der Waals surface area contributed by atoms with Crippen molar-refractivity contribution in [2.75, 3.05) is 6.61 Å². The zero-order valence-electron chi connectivity index (χ0n) is 14.2. The van der Waals surface area contributed by atoms with Gasteiger partial charge in [0.15, 0.2) is 0 Å². The van der Waals surface area contributed by atoms with Gasteiger partial charge in [-0.15, -0.1) is 0 Å². The largest absolute Gasteiger partial charge is 0.467 e. The van der Waals surface area contributed by atoms with Crippen molar-refractivity contribution >= 4 is 34.5 Å². The van der Waals surface area contributed by atoms with Crippen molar-refractivity contribution in [3.63, 3.8) is 0 Å². The second-order valence-electron chi connectivity index (χ2n) is 5.48. The van der Waals surface area contributed by atoms with Crippen LogP contribution >= 0.6 is 28.5 Å². The SMILES string of the molecule is CCOC(=O)C[C@H](/C=C/Cc1ccccc1)c1ccc(OPI)cc1. The van der Waals surface area contributed by atoms with Crippen LogP contribution in [0.3, 0.4) is 0 Å². The molecule has 0 radical (unpaired) electrons. The number of carbonyl (C=O) groups excluding carboxylic acids is 1. The van der Waals surface area contributed by atoms with Crippen LogP contribution in [0.25, 0.3) is 0 Å². The smallest absolute Gasteiger partial charge is 0.306 e. The van der Waals surface area contributed by atoms with E-state index in [0.717, 1.165) is 17.7 Å². The molecule has 0 aliphatic heterocycles. The van der Waals surface area contributed by atoms with Crippen molar-refractivity contribution in [3.8, 4) is 5.75 Å². The zero-order valence-corrected chi connectivity index (χ0v) is 17.3. The highest BCUT2D eigenvalue weighted by molar-refractivity contribution is 14.2. The molecule has 0 amide bonds. The number of hydrogen-bond acceptors (Lipinski definition) is 3. The third-order valence-corrected chi connectivity index (χ3v) is 4.69. The molecule has 2 aromatic carbocycles. The van der Waals surface area contributed by atoms with Gasteiger partial charge in [-0.3, -0.25) is 4.79 Å². The van der Waals surface area contributed by atoms with Gasteiger partial charge >= 0.3 is 5.97 Å². The van der Waals surface area contributed by atoms with Crippen LogP contribution in [0.2, 0.25) is 0 Å². The molecule has 0 N–H and O–H groups in total. The number of halogens is 1. The van der Waals surface area contributed by atoms with Crippen LogP contribution in [-0.2, 0) is 16.0 Å². The van der Waals surface area contributed by atoms with E-state index in [0.29, 0.717) is 19.5 Å². The Morgan fingerprint density at radius 1 is 1.16 bits per heavy atom. The van der Waals surface area contributed by atoms with Crippen molar-refractivity contribution in [2.45, 2.75) is 25.7 Å². The van der Waals surface area contributed by atoms with E-state index in [1.807, 2.05) is 49.4 Å². The Bertz CT molecular complexity index is 671. The molecule has 25 heavy (non-hydrogen) atoms. The van der Waals surface area contributed by atoms with Gasteiger partial charge < -0.3 is 9.26 Å². The number of carbonyl (C=O) groups is 1. The first kappa shape index (κ1) is 19.9. The highest BCUT2D eigenvalue weighted by atomic mass is 127. The van der Waals surface area contributed by atoms with Crippen molar-refractivity contribution in [3.05, 3.63) is 77.9 Å². The topological polar surface area (TPSA) is 35.5 Å². The number of ether oxygens (including phenoxy) is 1. The van der Waals surface area contributed by atoms with Gasteiger partial charge in [0.05, 0.1) is 13.0 Å². The first-order valence-corrected chi connectivity index (χ1v) is 12.2. The summed E-state index contributed by atoms with van der Waals surface area (Å²) in [4.78, 5) is 11.9. The normalized spacial score (nSPS) is 12.6. The summed E-state index contributed by atoms with van der Waals surface area (Å²) in [5.74, 6) is 0.671. The van der Waals surface area contributed by atoms with Crippen LogP contribution in [-0.4, -0.2) is 12.6 Å². The minimum atomic E-state index is -0.175. The average Bonchev–Trinajstić information content (AvgIpc) is 2.63. The summed E-state index contributed by atoms with van der Waals surface area (Å²) in [7, 11) is 0. The van der Waals surface area contributed by atoms with Crippen molar-refractivity contribution < 1.29 is 14.1 Å². The summed E-state index contributed by atoms with van der Waals surface area (Å²) in [5, 5.41) is 0. The second-order valence-corrected chi connectivity index (χ2v) is 7.16. The van der Waals surface area contributed by atoms with Gasteiger partial charge in [0.25, 0.3) is 0 Å². The highest BCUT2D eigenvalue weighted by Gasteiger charge is 2.14. The Kier molecular flexibility index (Phi) is 8.98. The third-order valence-electron chi connectivity index (χ3n) is 3.72. The van der Waals surface area contributed by atoms with Gasteiger partial charge in [-0.2, -0.15) is 0 Å². The predicted molar refractivity (Wildman–Crippen MR) is 113 cm³/mol. The summed E-state index contributed by atoms with van der Waals surface area (Å²) in [6, 6.07) is 18.2. The molecule has 5 heteroatoms. The van der Waals surface area contributed by atoms with Gasteiger partial charge in [-0.05, 0) is 58.6 Å². The van der Waals surface area contributed by atoms with E-state index >= 15 is 0 Å². The summed E-state index contributed by atoms with van der Waals surface area (Å²) in [6.07, 6.45) is 5.40. The maximum atomic E-state index is 11.9. The predicted octanol–water partition coefficient (Wildman–Crippen LogP) is 5.84. The van der Waals surface area contributed by atoms with E-state index in [2.05, 4.69) is 46.3 Å². The Morgan fingerprint density at radius 2 is 1.88 bits per heavy atom. The van der Waals surface area contributed by atoms with E-state index in [4.69, 9.17) is 9.26 Å². The molecule has 0 aliphatic carbocycles. The van der Waals surface area contributed by atoms with Crippen LogP contribution in [0.5, 0.6) is 5.75 Å². The molecular formula is C20H22IO3P. The van der Waals surface area contributed by atoms with E-state index in [-0.39, 0.29) is 11.9 Å². The van der Waals surface area contributed by atoms with Gasteiger partial charge in [0.2, 0.25) is 0 Å². The zero-order chi connectivity index (χ0) is 17.9. The molecule has 2 rings (SSSR count). The van der Waals surface area contributed by atoms with Crippen LogP contribution in [0, 0.1) is 0 Å². The van der Waals surface area contributed by atoms with E-state index in [1.54, 1.807) is 0 Å². The average molecular weight is 468 g/mol. The summed E-state index contributed by atoms with van der Waals surface area (Å²) in [6.45, 7) is 2.62. The molecule has 1 unspecified atom stereocenters. The Balaban J connectivity index is 2.09.